The van der Waals surface area contributed by atoms with E-state index in [-0.39, 0.29) is 0 Å². The fraction of sp³-hybridized carbons (Fsp3) is 0.0556. The molecule has 2 aromatic heterocycles. The maximum atomic E-state index is 5.98. The summed E-state index contributed by atoms with van der Waals surface area (Å²) in [5.74, 6) is 1.48. The van der Waals surface area contributed by atoms with Gasteiger partial charge in [0.05, 0.1) is 6.42 Å². The highest BCUT2D eigenvalue weighted by atomic mass is 35.5. The first-order chi connectivity index (χ1) is 11.8. The summed E-state index contributed by atoms with van der Waals surface area (Å²) >= 11 is 5.98. The SMILES string of the molecule is Clc1cccc(Cc2nnc(-c3cc(-c4ccccc4)on3)o2)c1. The van der Waals surface area contributed by atoms with E-state index in [1.807, 2.05) is 54.6 Å². The normalized spacial score (nSPS) is 10.9. The molecule has 0 saturated heterocycles. The molecule has 0 atom stereocenters. The fourth-order valence-corrected chi connectivity index (χ4v) is 2.58. The highest BCUT2D eigenvalue weighted by Gasteiger charge is 2.15. The van der Waals surface area contributed by atoms with E-state index in [2.05, 4.69) is 15.4 Å². The van der Waals surface area contributed by atoms with Crippen LogP contribution in [0, 0.1) is 0 Å². The van der Waals surface area contributed by atoms with Crippen LogP contribution in [0.15, 0.2) is 69.6 Å². The molecule has 2 aromatic carbocycles. The first kappa shape index (κ1) is 14.7. The van der Waals surface area contributed by atoms with E-state index >= 15 is 0 Å². The van der Waals surface area contributed by atoms with Crippen molar-refractivity contribution in [1.29, 1.82) is 0 Å². The maximum absolute atomic E-state index is 5.98. The summed E-state index contributed by atoms with van der Waals surface area (Å²) in [7, 11) is 0. The molecule has 0 unspecified atom stereocenters. The molecule has 5 nitrogen and oxygen atoms in total. The van der Waals surface area contributed by atoms with Gasteiger partial charge >= 0.3 is 0 Å². The van der Waals surface area contributed by atoms with Crippen molar-refractivity contribution >= 4 is 11.6 Å². The topological polar surface area (TPSA) is 65.0 Å². The van der Waals surface area contributed by atoms with Crippen molar-refractivity contribution < 1.29 is 8.94 Å². The predicted molar refractivity (Wildman–Crippen MR) is 89.5 cm³/mol. The van der Waals surface area contributed by atoms with Gasteiger partial charge in [0.15, 0.2) is 11.5 Å². The Hall–Kier alpha value is -2.92. The van der Waals surface area contributed by atoms with Crippen LogP contribution in [0.25, 0.3) is 22.9 Å². The highest BCUT2D eigenvalue weighted by molar-refractivity contribution is 6.30. The van der Waals surface area contributed by atoms with Crippen LogP contribution in [0.1, 0.15) is 11.5 Å². The molecule has 0 aliphatic carbocycles. The van der Waals surface area contributed by atoms with Crippen LogP contribution in [0.2, 0.25) is 5.02 Å². The van der Waals surface area contributed by atoms with E-state index in [1.165, 1.54) is 0 Å². The van der Waals surface area contributed by atoms with E-state index in [0.717, 1.165) is 11.1 Å². The van der Waals surface area contributed by atoms with Crippen molar-refractivity contribution in [3.8, 4) is 22.9 Å². The van der Waals surface area contributed by atoms with Crippen LogP contribution in [0.5, 0.6) is 0 Å². The van der Waals surface area contributed by atoms with E-state index in [9.17, 15) is 0 Å². The van der Waals surface area contributed by atoms with Gasteiger partial charge in [0.1, 0.15) is 0 Å². The molecule has 6 heteroatoms. The van der Waals surface area contributed by atoms with Gasteiger partial charge in [0.25, 0.3) is 5.89 Å². The van der Waals surface area contributed by atoms with Crippen LogP contribution in [0.3, 0.4) is 0 Å². The number of benzene rings is 2. The van der Waals surface area contributed by atoms with Gasteiger partial charge in [-0.1, -0.05) is 59.2 Å². The van der Waals surface area contributed by atoms with Crippen molar-refractivity contribution in [1.82, 2.24) is 15.4 Å². The van der Waals surface area contributed by atoms with Crippen LogP contribution in [-0.2, 0) is 6.42 Å². The summed E-state index contributed by atoms with van der Waals surface area (Å²) in [6.07, 6.45) is 0.511. The molecule has 4 rings (SSSR count). The Balaban J connectivity index is 1.56. The second-order valence-electron chi connectivity index (χ2n) is 5.25. The Morgan fingerprint density at radius 1 is 0.917 bits per heavy atom. The third kappa shape index (κ3) is 3.07. The molecule has 0 aliphatic heterocycles. The minimum Gasteiger partial charge on any atom is -0.419 e. The second kappa shape index (κ2) is 6.29. The zero-order valence-corrected chi connectivity index (χ0v) is 13.3. The summed E-state index contributed by atoms with van der Waals surface area (Å²) in [6, 6.07) is 19.0. The Morgan fingerprint density at radius 3 is 2.62 bits per heavy atom. The number of halogens is 1. The maximum Gasteiger partial charge on any atom is 0.269 e. The zero-order chi connectivity index (χ0) is 16.4. The van der Waals surface area contributed by atoms with Gasteiger partial charge in [-0.25, -0.2) is 0 Å². The molecule has 4 aromatic rings. The van der Waals surface area contributed by atoms with E-state index < -0.39 is 0 Å². The van der Waals surface area contributed by atoms with Crippen molar-refractivity contribution in [3.05, 3.63) is 77.1 Å². The minimum atomic E-state index is 0.331. The Labute approximate surface area is 142 Å². The lowest BCUT2D eigenvalue weighted by atomic mass is 10.1. The van der Waals surface area contributed by atoms with Crippen LogP contribution < -0.4 is 0 Å². The largest absolute Gasteiger partial charge is 0.419 e. The predicted octanol–water partition coefficient (Wildman–Crippen LogP) is 4.64. The van der Waals surface area contributed by atoms with E-state index in [4.69, 9.17) is 20.5 Å². The monoisotopic (exact) mass is 337 g/mol. The molecule has 0 N–H and O–H groups in total. The molecule has 0 amide bonds. The first-order valence-electron chi connectivity index (χ1n) is 7.37. The fourth-order valence-electron chi connectivity index (χ4n) is 2.36. The number of hydrogen-bond donors (Lipinski definition) is 0. The van der Waals surface area contributed by atoms with E-state index in [0.29, 0.717) is 34.7 Å². The van der Waals surface area contributed by atoms with Crippen molar-refractivity contribution in [3.63, 3.8) is 0 Å². The number of rotatable bonds is 4. The van der Waals surface area contributed by atoms with Crippen LogP contribution in [0.4, 0.5) is 0 Å². The van der Waals surface area contributed by atoms with Crippen LogP contribution in [-0.4, -0.2) is 15.4 Å². The number of nitrogens with zero attached hydrogens (tertiary/aromatic N) is 3. The van der Waals surface area contributed by atoms with Gasteiger partial charge in [0, 0.05) is 16.7 Å². The summed E-state index contributed by atoms with van der Waals surface area (Å²) in [6.45, 7) is 0. The summed E-state index contributed by atoms with van der Waals surface area (Å²) in [5, 5.41) is 12.8. The van der Waals surface area contributed by atoms with Crippen molar-refractivity contribution in [2.45, 2.75) is 6.42 Å². The standard InChI is InChI=1S/C18H12ClN3O2/c19-14-8-4-5-12(9-14)10-17-20-21-18(23-17)15-11-16(24-22-15)13-6-2-1-3-7-13/h1-9,11H,10H2. The third-order valence-electron chi connectivity index (χ3n) is 3.50. The minimum absolute atomic E-state index is 0.331. The lowest BCUT2D eigenvalue weighted by molar-refractivity contribution is 0.429. The Bertz CT molecular complexity index is 963. The average molecular weight is 338 g/mol. The molecular weight excluding hydrogens is 326 g/mol. The lowest BCUT2D eigenvalue weighted by Crippen LogP contribution is -1.87. The van der Waals surface area contributed by atoms with Gasteiger partial charge < -0.3 is 8.94 Å². The molecule has 2 heterocycles. The van der Waals surface area contributed by atoms with E-state index in [1.54, 1.807) is 6.07 Å². The first-order valence-corrected chi connectivity index (χ1v) is 7.75. The Morgan fingerprint density at radius 2 is 1.79 bits per heavy atom. The smallest absolute Gasteiger partial charge is 0.269 e. The van der Waals surface area contributed by atoms with Gasteiger partial charge in [-0.15, -0.1) is 10.2 Å². The van der Waals surface area contributed by atoms with Gasteiger partial charge in [-0.05, 0) is 17.7 Å². The van der Waals surface area contributed by atoms with Gasteiger partial charge in [-0.3, -0.25) is 0 Å². The summed E-state index contributed by atoms with van der Waals surface area (Å²) < 4.78 is 11.0. The van der Waals surface area contributed by atoms with Gasteiger partial charge in [0.2, 0.25) is 5.89 Å². The molecule has 24 heavy (non-hydrogen) atoms. The molecule has 0 spiro atoms. The molecular formula is C18H12ClN3O2. The highest BCUT2D eigenvalue weighted by Crippen LogP contribution is 2.25. The molecule has 0 bridgehead atoms. The second-order valence-corrected chi connectivity index (χ2v) is 5.69. The van der Waals surface area contributed by atoms with Gasteiger partial charge in [-0.2, -0.15) is 0 Å². The molecule has 118 valence electrons. The quantitative estimate of drug-likeness (QED) is 0.543. The summed E-state index contributed by atoms with van der Waals surface area (Å²) in [5.41, 5.74) is 2.46. The molecule has 0 aliphatic rings. The number of aromatic nitrogens is 3. The summed E-state index contributed by atoms with van der Waals surface area (Å²) in [4.78, 5) is 0. The van der Waals surface area contributed by atoms with Crippen molar-refractivity contribution in [2.24, 2.45) is 0 Å². The lowest BCUT2D eigenvalue weighted by Gasteiger charge is -1.96. The molecule has 0 fully saturated rings. The molecule has 0 saturated carbocycles. The molecule has 0 radical (unpaired) electrons. The van der Waals surface area contributed by atoms with Crippen molar-refractivity contribution in [2.75, 3.05) is 0 Å². The average Bonchev–Trinajstić information content (AvgIpc) is 3.25. The number of hydrogen-bond acceptors (Lipinski definition) is 5. The third-order valence-corrected chi connectivity index (χ3v) is 3.73. The van der Waals surface area contributed by atoms with Crippen LogP contribution >= 0.6 is 11.6 Å². The Kier molecular flexibility index (Phi) is 3.84. The zero-order valence-electron chi connectivity index (χ0n) is 12.5.